The molecule has 2 rings (SSSR count). The van der Waals surface area contributed by atoms with Crippen LogP contribution >= 0.6 is 24.8 Å². The summed E-state index contributed by atoms with van der Waals surface area (Å²) in [4.78, 5) is 7.20. The second-order valence-electron chi connectivity index (χ2n) is 3.38. The first-order valence-electron chi connectivity index (χ1n) is 4.57. The molecule has 4 N–H and O–H groups in total. The molecule has 0 aliphatic carbocycles. The smallest absolute Gasteiger partial charge is 0.0585 e. The summed E-state index contributed by atoms with van der Waals surface area (Å²) in [6.45, 7) is 0.00688. The van der Waals surface area contributed by atoms with E-state index in [2.05, 4.69) is 9.97 Å². The molecule has 6 heteroatoms. The lowest BCUT2D eigenvalue weighted by Gasteiger charge is -2.05. The van der Waals surface area contributed by atoms with Crippen LogP contribution in [-0.4, -0.2) is 27.7 Å². The Kier molecular flexibility index (Phi) is 6.36. The molecule has 2 aromatic rings. The Morgan fingerprint density at radius 1 is 1.44 bits per heavy atom. The highest BCUT2D eigenvalue weighted by molar-refractivity contribution is 5.85. The van der Waals surface area contributed by atoms with E-state index < -0.39 is 0 Å². The number of hydrogen-bond acceptors (Lipinski definition) is 3. The summed E-state index contributed by atoms with van der Waals surface area (Å²) < 4.78 is 0. The SMILES string of the molecule is Cl.Cl.NC(CO)Cc1c[nH]c2ccncc12. The number of fused-ring (bicyclic) bond motifs is 1. The second kappa shape index (κ2) is 6.70. The van der Waals surface area contributed by atoms with Crippen molar-refractivity contribution < 1.29 is 5.11 Å². The zero-order valence-corrected chi connectivity index (χ0v) is 10.2. The molecule has 0 radical (unpaired) electrons. The minimum atomic E-state index is -0.200. The van der Waals surface area contributed by atoms with Crippen molar-refractivity contribution in [2.75, 3.05) is 6.61 Å². The van der Waals surface area contributed by atoms with Gasteiger partial charge in [0, 0.05) is 35.5 Å². The highest BCUT2D eigenvalue weighted by Crippen LogP contribution is 2.17. The third kappa shape index (κ3) is 3.09. The van der Waals surface area contributed by atoms with Crippen LogP contribution in [0.3, 0.4) is 0 Å². The molecule has 4 nitrogen and oxygen atoms in total. The molecular weight excluding hydrogens is 249 g/mol. The highest BCUT2D eigenvalue weighted by atomic mass is 35.5. The standard InChI is InChI=1S/C10H13N3O.2ClH/c11-8(6-14)3-7-4-13-10-1-2-12-5-9(7)10;;/h1-2,4-5,8,13-14H,3,6,11H2;2*1H. The topological polar surface area (TPSA) is 74.9 Å². The molecular formula is C10H15Cl2N3O. The van der Waals surface area contributed by atoms with E-state index in [1.807, 2.05) is 18.5 Å². The molecule has 2 heterocycles. The van der Waals surface area contributed by atoms with Crippen LogP contribution in [0.1, 0.15) is 5.56 Å². The van der Waals surface area contributed by atoms with E-state index in [0.717, 1.165) is 16.5 Å². The highest BCUT2D eigenvalue weighted by Gasteiger charge is 2.07. The normalized spacial score (nSPS) is 11.6. The Hall–Kier alpha value is -0.810. The third-order valence-electron chi connectivity index (χ3n) is 2.29. The van der Waals surface area contributed by atoms with Gasteiger partial charge in [-0.15, -0.1) is 24.8 Å². The number of rotatable bonds is 3. The van der Waals surface area contributed by atoms with Crippen molar-refractivity contribution in [3.05, 3.63) is 30.2 Å². The molecule has 0 bridgehead atoms. The number of pyridine rings is 1. The molecule has 0 spiro atoms. The first kappa shape index (κ1) is 15.2. The van der Waals surface area contributed by atoms with Crippen molar-refractivity contribution in [3.63, 3.8) is 0 Å². The monoisotopic (exact) mass is 263 g/mol. The maximum absolute atomic E-state index is 8.85. The molecule has 16 heavy (non-hydrogen) atoms. The predicted molar refractivity (Wildman–Crippen MR) is 69.4 cm³/mol. The summed E-state index contributed by atoms with van der Waals surface area (Å²) in [6, 6.07) is 1.72. The minimum absolute atomic E-state index is 0. The first-order chi connectivity index (χ1) is 6.81. The predicted octanol–water partition coefficient (Wildman–Crippen LogP) is 1.27. The quantitative estimate of drug-likeness (QED) is 0.781. The zero-order valence-electron chi connectivity index (χ0n) is 8.59. The number of nitrogens with one attached hydrogen (secondary N) is 1. The summed E-state index contributed by atoms with van der Waals surface area (Å²) in [6.07, 6.45) is 6.14. The third-order valence-corrected chi connectivity index (χ3v) is 2.29. The number of hydrogen-bond donors (Lipinski definition) is 3. The molecule has 1 unspecified atom stereocenters. The summed E-state index contributed by atoms with van der Waals surface area (Å²) >= 11 is 0. The van der Waals surface area contributed by atoms with Crippen molar-refractivity contribution in [3.8, 4) is 0 Å². The molecule has 0 aliphatic rings. The van der Waals surface area contributed by atoms with Gasteiger partial charge in [-0.1, -0.05) is 0 Å². The lowest BCUT2D eigenvalue weighted by atomic mass is 10.1. The molecule has 0 saturated heterocycles. The number of aliphatic hydroxyl groups is 1. The van der Waals surface area contributed by atoms with E-state index in [1.165, 1.54) is 0 Å². The number of aromatic nitrogens is 2. The van der Waals surface area contributed by atoms with Crippen LogP contribution in [0.4, 0.5) is 0 Å². The second-order valence-corrected chi connectivity index (χ2v) is 3.38. The van der Waals surface area contributed by atoms with Crippen LogP contribution in [0.5, 0.6) is 0 Å². The van der Waals surface area contributed by atoms with E-state index in [-0.39, 0.29) is 37.5 Å². The Morgan fingerprint density at radius 2 is 2.19 bits per heavy atom. The fraction of sp³-hybridized carbons (Fsp3) is 0.300. The molecule has 0 aromatic carbocycles. The summed E-state index contributed by atoms with van der Waals surface area (Å²) in [5, 5.41) is 9.93. The Bertz CT molecular complexity index is 433. The molecule has 0 fully saturated rings. The number of halogens is 2. The van der Waals surface area contributed by atoms with Gasteiger partial charge in [0.25, 0.3) is 0 Å². The number of nitrogens with two attached hydrogens (primary N) is 1. The zero-order chi connectivity index (χ0) is 9.97. The molecule has 2 aromatic heterocycles. The Balaban J connectivity index is 0.00000112. The van der Waals surface area contributed by atoms with Crippen molar-refractivity contribution in [2.45, 2.75) is 12.5 Å². The molecule has 90 valence electrons. The maximum Gasteiger partial charge on any atom is 0.0585 e. The first-order valence-corrected chi connectivity index (χ1v) is 4.57. The van der Waals surface area contributed by atoms with Gasteiger partial charge in [0.1, 0.15) is 0 Å². The van der Waals surface area contributed by atoms with Crippen molar-refractivity contribution >= 4 is 35.7 Å². The van der Waals surface area contributed by atoms with Gasteiger partial charge < -0.3 is 15.8 Å². The van der Waals surface area contributed by atoms with E-state index in [1.54, 1.807) is 6.20 Å². The minimum Gasteiger partial charge on any atom is -0.395 e. The van der Waals surface area contributed by atoms with Crippen molar-refractivity contribution in [1.82, 2.24) is 9.97 Å². The van der Waals surface area contributed by atoms with Gasteiger partial charge in [0.2, 0.25) is 0 Å². The molecule has 0 saturated carbocycles. The van der Waals surface area contributed by atoms with E-state index >= 15 is 0 Å². The maximum atomic E-state index is 8.85. The lowest BCUT2D eigenvalue weighted by molar-refractivity contribution is 0.265. The largest absolute Gasteiger partial charge is 0.395 e. The van der Waals surface area contributed by atoms with Gasteiger partial charge in [-0.05, 0) is 18.1 Å². The van der Waals surface area contributed by atoms with Crippen LogP contribution in [-0.2, 0) is 6.42 Å². The van der Waals surface area contributed by atoms with Gasteiger partial charge in [-0.2, -0.15) is 0 Å². The van der Waals surface area contributed by atoms with Crippen LogP contribution in [0.25, 0.3) is 10.9 Å². The van der Waals surface area contributed by atoms with Crippen molar-refractivity contribution in [2.24, 2.45) is 5.73 Å². The number of nitrogens with zero attached hydrogens (tertiary/aromatic N) is 1. The average Bonchev–Trinajstić information content (AvgIpc) is 2.62. The summed E-state index contributed by atoms with van der Waals surface area (Å²) in [5.74, 6) is 0. The van der Waals surface area contributed by atoms with Crippen LogP contribution in [0.15, 0.2) is 24.7 Å². The van der Waals surface area contributed by atoms with Gasteiger partial charge >= 0.3 is 0 Å². The summed E-state index contributed by atoms with van der Waals surface area (Å²) in [7, 11) is 0. The Labute approximate surface area is 106 Å². The van der Waals surface area contributed by atoms with Gasteiger partial charge in [-0.25, -0.2) is 0 Å². The van der Waals surface area contributed by atoms with Crippen LogP contribution in [0, 0.1) is 0 Å². The number of aromatic amines is 1. The van der Waals surface area contributed by atoms with Gasteiger partial charge in [-0.3, -0.25) is 4.98 Å². The van der Waals surface area contributed by atoms with Gasteiger partial charge in [0.05, 0.1) is 6.61 Å². The number of H-pyrrole nitrogens is 1. The lowest BCUT2D eigenvalue weighted by Crippen LogP contribution is -2.26. The summed E-state index contributed by atoms with van der Waals surface area (Å²) in [5.41, 5.74) is 7.83. The van der Waals surface area contributed by atoms with Crippen LogP contribution < -0.4 is 5.73 Å². The van der Waals surface area contributed by atoms with Crippen molar-refractivity contribution in [1.29, 1.82) is 0 Å². The molecule has 0 aliphatic heterocycles. The van der Waals surface area contributed by atoms with E-state index in [9.17, 15) is 0 Å². The Morgan fingerprint density at radius 3 is 2.88 bits per heavy atom. The van der Waals surface area contributed by atoms with Gasteiger partial charge in [0.15, 0.2) is 0 Å². The number of aliphatic hydroxyl groups excluding tert-OH is 1. The molecule has 0 amide bonds. The van der Waals surface area contributed by atoms with E-state index in [0.29, 0.717) is 6.42 Å². The fourth-order valence-electron chi connectivity index (χ4n) is 1.53. The van der Waals surface area contributed by atoms with Crippen LogP contribution in [0.2, 0.25) is 0 Å². The fourth-order valence-corrected chi connectivity index (χ4v) is 1.53. The average molecular weight is 264 g/mol. The van der Waals surface area contributed by atoms with E-state index in [4.69, 9.17) is 10.8 Å². The molecule has 1 atom stereocenters.